The molecule has 6 rings (SSSR count). The third kappa shape index (κ3) is 2.62. The minimum atomic E-state index is 0.642. The van der Waals surface area contributed by atoms with E-state index < -0.39 is 0 Å². The maximum Gasteiger partial charge on any atom is 0.161 e. The molecule has 1 aromatic carbocycles. The van der Waals surface area contributed by atoms with Crippen LogP contribution in [0.15, 0.2) is 73.3 Å². The number of nitrogens with zero attached hydrogens (tertiary/aromatic N) is 6. The van der Waals surface area contributed by atoms with Crippen LogP contribution in [0.1, 0.15) is 0 Å². The van der Waals surface area contributed by atoms with Gasteiger partial charge in [-0.3, -0.25) is 20.1 Å². The minimum Gasteiger partial charge on any atom is -0.336 e. The van der Waals surface area contributed by atoms with Gasteiger partial charge in [0.1, 0.15) is 11.2 Å². The van der Waals surface area contributed by atoms with Gasteiger partial charge in [-0.15, -0.1) is 0 Å². The molecule has 5 heterocycles. The fourth-order valence-electron chi connectivity index (χ4n) is 3.51. The van der Waals surface area contributed by atoms with Crippen LogP contribution in [0.25, 0.3) is 56.2 Å². The zero-order chi connectivity index (χ0) is 19.9. The average molecular weight is 390 g/mol. The van der Waals surface area contributed by atoms with Crippen LogP contribution in [0, 0.1) is 0 Å². The second-order valence-corrected chi connectivity index (χ2v) is 6.76. The van der Waals surface area contributed by atoms with E-state index in [1.807, 2.05) is 48.5 Å². The summed E-state index contributed by atoms with van der Waals surface area (Å²) < 4.78 is 0. The normalized spacial score (nSPS) is 11.3. The van der Waals surface area contributed by atoms with Crippen LogP contribution < -0.4 is 0 Å². The van der Waals surface area contributed by atoms with Crippen LogP contribution in [0.3, 0.4) is 0 Å². The number of rotatable bonds is 3. The Morgan fingerprint density at radius 2 is 1.63 bits per heavy atom. The average Bonchev–Trinajstić information content (AvgIpc) is 3.43. The van der Waals surface area contributed by atoms with E-state index in [1.54, 1.807) is 24.8 Å². The zero-order valence-corrected chi connectivity index (χ0v) is 15.6. The van der Waals surface area contributed by atoms with Crippen molar-refractivity contribution in [3.8, 4) is 34.2 Å². The number of imidazole rings is 1. The second kappa shape index (κ2) is 6.56. The first-order chi connectivity index (χ1) is 14.9. The molecule has 0 bridgehead atoms. The van der Waals surface area contributed by atoms with E-state index in [9.17, 15) is 0 Å². The van der Waals surface area contributed by atoms with Gasteiger partial charge in [-0.25, -0.2) is 9.97 Å². The number of pyridine rings is 2. The Kier molecular flexibility index (Phi) is 3.60. The SMILES string of the molecule is c1ccc(-c2cccc3[nH]c(-c4n[nH]c5ccc(-c6cnccn6)nc45)nc23)nc1. The number of fused-ring (bicyclic) bond motifs is 2. The molecule has 0 radical (unpaired) electrons. The molecule has 0 saturated carbocycles. The highest BCUT2D eigenvalue weighted by molar-refractivity contribution is 5.95. The van der Waals surface area contributed by atoms with Crippen molar-refractivity contribution in [3.05, 3.63) is 73.3 Å². The summed E-state index contributed by atoms with van der Waals surface area (Å²) >= 11 is 0. The quantitative estimate of drug-likeness (QED) is 0.472. The standard InChI is InChI=1S/C22H14N8/c1-2-9-24-14(5-1)13-4-3-6-16-19(13)28-22(27-16)21-20-17(29-30-21)8-7-15(26-20)18-12-23-10-11-25-18/h1-12H,(H,27,28)(H,29,30). The van der Waals surface area contributed by atoms with Crippen molar-refractivity contribution in [2.45, 2.75) is 0 Å². The molecule has 0 fully saturated rings. The van der Waals surface area contributed by atoms with Crippen molar-refractivity contribution in [1.29, 1.82) is 0 Å². The van der Waals surface area contributed by atoms with E-state index in [2.05, 4.69) is 30.1 Å². The summed E-state index contributed by atoms with van der Waals surface area (Å²) in [4.78, 5) is 25.9. The van der Waals surface area contributed by atoms with Gasteiger partial charge < -0.3 is 4.98 Å². The molecule has 30 heavy (non-hydrogen) atoms. The summed E-state index contributed by atoms with van der Waals surface area (Å²) in [6, 6.07) is 15.7. The van der Waals surface area contributed by atoms with Gasteiger partial charge in [0, 0.05) is 24.2 Å². The highest BCUT2D eigenvalue weighted by Gasteiger charge is 2.17. The smallest absolute Gasteiger partial charge is 0.161 e. The van der Waals surface area contributed by atoms with Gasteiger partial charge in [-0.1, -0.05) is 18.2 Å². The van der Waals surface area contributed by atoms with Crippen molar-refractivity contribution in [2.75, 3.05) is 0 Å². The number of H-pyrrole nitrogens is 2. The van der Waals surface area contributed by atoms with E-state index in [0.29, 0.717) is 17.2 Å². The first kappa shape index (κ1) is 16.5. The molecule has 0 unspecified atom stereocenters. The van der Waals surface area contributed by atoms with Gasteiger partial charge in [0.2, 0.25) is 0 Å². The van der Waals surface area contributed by atoms with Crippen LogP contribution in [0.4, 0.5) is 0 Å². The molecule has 0 aliphatic rings. The fourth-order valence-corrected chi connectivity index (χ4v) is 3.51. The lowest BCUT2D eigenvalue weighted by molar-refractivity contribution is 1.10. The molecule has 0 aliphatic heterocycles. The second-order valence-electron chi connectivity index (χ2n) is 6.76. The van der Waals surface area contributed by atoms with Crippen LogP contribution in [0.5, 0.6) is 0 Å². The summed E-state index contributed by atoms with van der Waals surface area (Å²) in [7, 11) is 0. The van der Waals surface area contributed by atoms with Crippen LogP contribution in [-0.4, -0.2) is 40.1 Å². The summed E-state index contributed by atoms with van der Waals surface area (Å²) in [6.45, 7) is 0. The third-order valence-corrected chi connectivity index (χ3v) is 4.91. The van der Waals surface area contributed by atoms with E-state index >= 15 is 0 Å². The molecule has 8 nitrogen and oxygen atoms in total. The van der Waals surface area contributed by atoms with Crippen molar-refractivity contribution in [2.24, 2.45) is 0 Å². The zero-order valence-electron chi connectivity index (χ0n) is 15.6. The Labute approximate surface area is 170 Å². The molecule has 0 atom stereocenters. The Morgan fingerprint density at radius 1 is 0.667 bits per heavy atom. The molecular weight excluding hydrogens is 376 g/mol. The molecular formula is C22H14N8. The van der Waals surface area contributed by atoms with E-state index in [4.69, 9.17) is 9.97 Å². The number of benzene rings is 1. The number of nitrogens with one attached hydrogen (secondary N) is 2. The van der Waals surface area contributed by atoms with E-state index in [1.165, 1.54) is 0 Å². The number of hydrogen-bond acceptors (Lipinski definition) is 6. The van der Waals surface area contributed by atoms with Crippen molar-refractivity contribution in [1.82, 2.24) is 40.1 Å². The van der Waals surface area contributed by atoms with Crippen molar-refractivity contribution < 1.29 is 0 Å². The third-order valence-electron chi connectivity index (χ3n) is 4.91. The lowest BCUT2D eigenvalue weighted by Gasteiger charge is -2.00. The van der Waals surface area contributed by atoms with Gasteiger partial charge in [0.05, 0.1) is 34.1 Å². The van der Waals surface area contributed by atoms with Gasteiger partial charge >= 0.3 is 0 Å². The molecule has 6 aromatic rings. The van der Waals surface area contributed by atoms with E-state index in [0.717, 1.165) is 39.0 Å². The number of para-hydroxylation sites is 1. The lowest BCUT2D eigenvalue weighted by Crippen LogP contribution is -1.89. The lowest BCUT2D eigenvalue weighted by atomic mass is 10.1. The Bertz CT molecular complexity index is 1490. The van der Waals surface area contributed by atoms with E-state index in [-0.39, 0.29) is 0 Å². The van der Waals surface area contributed by atoms with Crippen LogP contribution >= 0.6 is 0 Å². The molecule has 5 aromatic heterocycles. The predicted octanol–water partition coefficient (Wildman–Crippen LogP) is 4.02. The Hall–Kier alpha value is -4.46. The highest BCUT2D eigenvalue weighted by atomic mass is 15.1. The fraction of sp³-hybridized carbons (Fsp3) is 0. The number of aromatic nitrogens is 8. The topological polar surface area (TPSA) is 109 Å². The number of hydrogen-bond donors (Lipinski definition) is 2. The molecule has 0 amide bonds. The highest BCUT2D eigenvalue weighted by Crippen LogP contribution is 2.30. The van der Waals surface area contributed by atoms with Crippen LogP contribution in [-0.2, 0) is 0 Å². The summed E-state index contributed by atoms with van der Waals surface area (Å²) in [5, 5.41) is 7.50. The first-order valence-electron chi connectivity index (χ1n) is 9.39. The Balaban J connectivity index is 1.52. The van der Waals surface area contributed by atoms with Crippen molar-refractivity contribution in [3.63, 3.8) is 0 Å². The monoisotopic (exact) mass is 390 g/mol. The van der Waals surface area contributed by atoms with Gasteiger partial charge in [-0.05, 0) is 30.3 Å². The van der Waals surface area contributed by atoms with Crippen LogP contribution in [0.2, 0.25) is 0 Å². The summed E-state index contributed by atoms with van der Waals surface area (Å²) in [5.41, 5.74) is 7.21. The van der Waals surface area contributed by atoms with Gasteiger partial charge in [0.15, 0.2) is 11.5 Å². The van der Waals surface area contributed by atoms with Crippen molar-refractivity contribution >= 4 is 22.1 Å². The molecule has 0 saturated heterocycles. The van der Waals surface area contributed by atoms with Gasteiger partial charge in [0.25, 0.3) is 0 Å². The summed E-state index contributed by atoms with van der Waals surface area (Å²) in [5.74, 6) is 0.642. The molecule has 0 aliphatic carbocycles. The predicted molar refractivity (Wildman–Crippen MR) is 113 cm³/mol. The first-order valence-corrected chi connectivity index (χ1v) is 9.39. The maximum atomic E-state index is 4.84. The molecule has 8 heteroatoms. The molecule has 142 valence electrons. The molecule has 2 N–H and O–H groups in total. The minimum absolute atomic E-state index is 0.642. The maximum absolute atomic E-state index is 4.84. The summed E-state index contributed by atoms with van der Waals surface area (Å²) in [6.07, 6.45) is 6.75. The number of aromatic amines is 2. The van der Waals surface area contributed by atoms with Gasteiger partial charge in [-0.2, -0.15) is 5.10 Å². The molecule has 0 spiro atoms. The Morgan fingerprint density at radius 3 is 2.50 bits per heavy atom. The largest absolute Gasteiger partial charge is 0.336 e.